The van der Waals surface area contributed by atoms with E-state index in [4.69, 9.17) is 0 Å². The summed E-state index contributed by atoms with van der Waals surface area (Å²) in [6.45, 7) is 4.53. The molecule has 12 heavy (non-hydrogen) atoms. The van der Waals surface area contributed by atoms with E-state index in [9.17, 15) is 0 Å². The second kappa shape index (κ2) is 5.20. The van der Waals surface area contributed by atoms with Crippen LogP contribution in [0.5, 0.6) is 0 Å². The van der Waals surface area contributed by atoms with Crippen molar-refractivity contribution in [1.82, 2.24) is 10.2 Å². The van der Waals surface area contributed by atoms with Gasteiger partial charge in [0.05, 0.1) is 0 Å². The van der Waals surface area contributed by atoms with Gasteiger partial charge in [0.1, 0.15) is 0 Å². The number of hydrogen-bond donors (Lipinski definition) is 1. The molecule has 1 saturated heterocycles. The lowest BCUT2D eigenvalue weighted by atomic mass is 10.2. The lowest BCUT2D eigenvalue weighted by molar-refractivity contribution is 0.356. The third-order valence-electron chi connectivity index (χ3n) is 2.41. The number of nitrogens with one attached hydrogen (secondary N) is 1. The van der Waals surface area contributed by atoms with Gasteiger partial charge in [-0.1, -0.05) is 13.0 Å². The quantitative estimate of drug-likeness (QED) is 0.641. The number of hydrogen-bond acceptors (Lipinski definition) is 2. The Kier molecular flexibility index (Phi) is 4.15. The van der Waals surface area contributed by atoms with Gasteiger partial charge in [-0.3, -0.25) is 4.90 Å². The van der Waals surface area contributed by atoms with Gasteiger partial charge >= 0.3 is 0 Å². The van der Waals surface area contributed by atoms with Crippen molar-refractivity contribution in [1.29, 1.82) is 0 Å². The summed E-state index contributed by atoms with van der Waals surface area (Å²) in [6, 6.07) is 0.675. The second-order valence-corrected chi connectivity index (χ2v) is 3.50. The molecule has 1 atom stereocenters. The first-order valence-electron chi connectivity index (χ1n) is 4.95. The van der Waals surface area contributed by atoms with Crippen LogP contribution in [0.3, 0.4) is 0 Å². The van der Waals surface area contributed by atoms with Gasteiger partial charge in [0.2, 0.25) is 0 Å². The van der Waals surface area contributed by atoms with Crippen LogP contribution in [0.2, 0.25) is 0 Å². The van der Waals surface area contributed by atoms with Gasteiger partial charge < -0.3 is 5.32 Å². The lowest BCUT2D eigenvalue weighted by Gasteiger charge is -2.14. The molecule has 70 valence electrons. The van der Waals surface area contributed by atoms with Crippen LogP contribution in [0.25, 0.3) is 0 Å². The molecule has 0 saturated carbocycles. The van der Waals surface area contributed by atoms with E-state index < -0.39 is 0 Å². The monoisotopic (exact) mass is 168 g/mol. The van der Waals surface area contributed by atoms with Gasteiger partial charge in [-0.2, -0.15) is 0 Å². The maximum Gasteiger partial charge on any atom is 0.0292 e. The predicted octanol–water partition coefficient (Wildman–Crippen LogP) is 1.59. The van der Waals surface area contributed by atoms with Gasteiger partial charge in [0.15, 0.2) is 0 Å². The summed E-state index contributed by atoms with van der Waals surface area (Å²) in [6.07, 6.45) is 8.25. The topological polar surface area (TPSA) is 15.3 Å². The molecule has 0 radical (unpaired) electrons. The summed E-state index contributed by atoms with van der Waals surface area (Å²) in [4.78, 5) is 2.41. The summed E-state index contributed by atoms with van der Waals surface area (Å²) < 4.78 is 0. The fourth-order valence-corrected chi connectivity index (χ4v) is 1.59. The van der Waals surface area contributed by atoms with Gasteiger partial charge in [-0.25, -0.2) is 0 Å². The second-order valence-electron chi connectivity index (χ2n) is 3.50. The Morgan fingerprint density at radius 3 is 3.00 bits per heavy atom. The number of nitrogens with zero attached hydrogens (tertiary/aromatic N) is 1. The summed E-state index contributed by atoms with van der Waals surface area (Å²) in [5.74, 6) is 0. The number of rotatable bonds is 4. The zero-order valence-corrected chi connectivity index (χ0v) is 8.21. The van der Waals surface area contributed by atoms with E-state index in [1.54, 1.807) is 0 Å². The fourth-order valence-electron chi connectivity index (χ4n) is 1.59. The molecule has 1 heterocycles. The van der Waals surface area contributed by atoms with E-state index >= 15 is 0 Å². The Hall–Kier alpha value is -0.500. The maximum absolute atomic E-state index is 3.28. The van der Waals surface area contributed by atoms with E-state index in [1.165, 1.54) is 25.8 Å². The van der Waals surface area contributed by atoms with Crippen LogP contribution in [-0.2, 0) is 0 Å². The van der Waals surface area contributed by atoms with E-state index in [0.29, 0.717) is 6.04 Å². The smallest absolute Gasteiger partial charge is 0.0292 e. The highest BCUT2D eigenvalue weighted by Gasteiger charge is 2.17. The minimum atomic E-state index is 0.675. The molecule has 1 fully saturated rings. The molecule has 0 amide bonds. The number of likely N-dealkylation sites (N-methyl/N-ethyl adjacent to an activating group) is 1. The van der Waals surface area contributed by atoms with Crippen LogP contribution >= 0.6 is 0 Å². The summed E-state index contributed by atoms with van der Waals surface area (Å²) in [5, 5.41) is 3.28. The van der Waals surface area contributed by atoms with Crippen LogP contribution < -0.4 is 5.32 Å². The average molecular weight is 168 g/mol. The van der Waals surface area contributed by atoms with Gasteiger partial charge in [0, 0.05) is 12.6 Å². The molecule has 1 N–H and O–H groups in total. The first-order chi connectivity index (χ1) is 5.84. The van der Waals surface area contributed by atoms with Crippen molar-refractivity contribution in [3.8, 4) is 0 Å². The molecule has 0 spiro atoms. The normalized spacial score (nSPS) is 25.3. The molecule has 0 aromatic rings. The molecule has 1 unspecified atom stereocenters. The average Bonchev–Trinajstić information content (AvgIpc) is 2.46. The molecular formula is C10H20N2. The molecule has 1 aliphatic rings. The molecule has 0 aromatic heterocycles. The van der Waals surface area contributed by atoms with Crippen molar-refractivity contribution in [2.75, 3.05) is 20.1 Å². The van der Waals surface area contributed by atoms with Crippen molar-refractivity contribution in [2.24, 2.45) is 0 Å². The Labute approximate surface area is 75.6 Å². The first-order valence-corrected chi connectivity index (χ1v) is 4.95. The third kappa shape index (κ3) is 2.86. The van der Waals surface area contributed by atoms with Crippen LogP contribution in [0, 0.1) is 0 Å². The standard InChI is InChI=1S/C10H20N2/c1-3-7-11-8-6-10-5-4-9-12(10)2/h6,8,10-11H,3-5,7,9H2,1-2H3/b8-6+. The summed E-state index contributed by atoms with van der Waals surface area (Å²) in [7, 11) is 2.20. The summed E-state index contributed by atoms with van der Waals surface area (Å²) >= 11 is 0. The zero-order chi connectivity index (χ0) is 8.81. The van der Waals surface area contributed by atoms with Crippen LogP contribution in [0.15, 0.2) is 12.3 Å². The van der Waals surface area contributed by atoms with Crippen molar-refractivity contribution >= 4 is 0 Å². The molecule has 1 rings (SSSR count). The lowest BCUT2D eigenvalue weighted by Crippen LogP contribution is -2.23. The Morgan fingerprint density at radius 1 is 1.58 bits per heavy atom. The van der Waals surface area contributed by atoms with E-state index in [0.717, 1.165) is 6.54 Å². The van der Waals surface area contributed by atoms with Gasteiger partial charge in [-0.15, -0.1) is 0 Å². The third-order valence-corrected chi connectivity index (χ3v) is 2.41. The minimum absolute atomic E-state index is 0.675. The SMILES string of the molecule is CCCN/C=C/C1CCCN1C. The Balaban J connectivity index is 2.16. The zero-order valence-electron chi connectivity index (χ0n) is 8.21. The van der Waals surface area contributed by atoms with E-state index in [2.05, 4.69) is 36.5 Å². The van der Waals surface area contributed by atoms with E-state index in [-0.39, 0.29) is 0 Å². The van der Waals surface area contributed by atoms with E-state index in [1.807, 2.05) is 0 Å². The summed E-state index contributed by atoms with van der Waals surface area (Å²) in [5.41, 5.74) is 0. The molecule has 0 bridgehead atoms. The minimum Gasteiger partial charge on any atom is -0.391 e. The van der Waals surface area contributed by atoms with Gasteiger partial charge in [0.25, 0.3) is 0 Å². The molecule has 0 aliphatic carbocycles. The fraction of sp³-hybridized carbons (Fsp3) is 0.800. The largest absolute Gasteiger partial charge is 0.391 e. The molecule has 1 aliphatic heterocycles. The molecule has 2 nitrogen and oxygen atoms in total. The van der Waals surface area contributed by atoms with Crippen LogP contribution in [0.1, 0.15) is 26.2 Å². The van der Waals surface area contributed by atoms with Crippen LogP contribution in [-0.4, -0.2) is 31.1 Å². The predicted molar refractivity (Wildman–Crippen MR) is 53.1 cm³/mol. The van der Waals surface area contributed by atoms with Gasteiger partial charge in [-0.05, 0) is 39.1 Å². The Bertz CT molecular complexity index is 143. The number of likely N-dealkylation sites (tertiary alicyclic amines) is 1. The first kappa shape index (κ1) is 9.59. The highest BCUT2D eigenvalue weighted by atomic mass is 15.1. The molecule has 2 heteroatoms. The maximum atomic E-state index is 3.28. The molecular weight excluding hydrogens is 148 g/mol. The van der Waals surface area contributed by atoms with Crippen molar-refractivity contribution in [3.05, 3.63) is 12.3 Å². The van der Waals surface area contributed by atoms with Crippen molar-refractivity contribution < 1.29 is 0 Å². The molecule has 0 aromatic carbocycles. The van der Waals surface area contributed by atoms with Crippen molar-refractivity contribution in [2.45, 2.75) is 32.2 Å². The Morgan fingerprint density at radius 2 is 2.42 bits per heavy atom. The highest BCUT2D eigenvalue weighted by Crippen LogP contribution is 2.14. The highest BCUT2D eigenvalue weighted by molar-refractivity contribution is 4.95. The van der Waals surface area contributed by atoms with Crippen LogP contribution in [0.4, 0.5) is 0 Å². The van der Waals surface area contributed by atoms with Crippen molar-refractivity contribution in [3.63, 3.8) is 0 Å².